The smallest absolute Gasteiger partial charge is 0.358 e. The third kappa shape index (κ3) is 6.90. The maximum Gasteiger partial charge on any atom is 0.358 e. The van der Waals surface area contributed by atoms with Crippen LogP contribution in [0.3, 0.4) is 0 Å². The van der Waals surface area contributed by atoms with E-state index in [0.29, 0.717) is 45.2 Å². The number of nitrogens with zero attached hydrogens (tertiary/aromatic N) is 1. The number of hydrogen-bond acceptors (Lipinski definition) is 9. The number of hydrogen-bond donors (Lipinski definition) is 1. The number of carbonyl (C=O) groups is 1. The largest absolute Gasteiger partial charge is 0.493 e. The van der Waals surface area contributed by atoms with Crippen LogP contribution in [0.2, 0.25) is 0 Å². The highest BCUT2D eigenvalue weighted by Crippen LogP contribution is 2.43. The summed E-state index contributed by atoms with van der Waals surface area (Å²) >= 11 is 0. The van der Waals surface area contributed by atoms with Crippen LogP contribution in [0.1, 0.15) is 21.6 Å². The molecule has 1 aromatic heterocycles. The Balaban J connectivity index is 0.00000468. The molecule has 0 aliphatic heterocycles. The van der Waals surface area contributed by atoms with Crippen LogP contribution in [0, 0.1) is 0 Å². The maximum atomic E-state index is 14.2. The topological polar surface area (TPSA) is 120 Å². The van der Waals surface area contributed by atoms with Gasteiger partial charge in [0.25, 0.3) is 5.56 Å². The molecular formula is C38H35ClN2O8. The van der Waals surface area contributed by atoms with Gasteiger partial charge in [0.05, 0.1) is 33.8 Å². The Bertz CT molecular complexity index is 2170. The van der Waals surface area contributed by atoms with Gasteiger partial charge in [-0.1, -0.05) is 48.5 Å². The lowest BCUT2D eigenvalue weighted by molar-refractivity contribution is 0.0467. The minimum atomic E-state index is -0.785. The molecule has 10 nitrogen and oxygen atoms in total. The van der Waals surface area contributed by atoms with Crippen LogP contribution in [0.25, 0.3) is 32.7 Å². The molecule has 11 heteroatoms. The van der Waals surface area contributed by atoms with Crippen LogP contribution in [0.4, 0.5) is 5.69 Å². The zero-order valence-electron chi connectivity index (χ0n) is 27.4. The summed E-state index contributed by atoms with van der Waals surface area (Å²) in [7, 11) is 5.73. The minimum absolute atomic E-state index is 0. The number of fused-ring (bicyclic) bond motifs is 2. The highest BCUT2D eigenvalue weighted by Gasteiger charge is 2.28. The van der Waals surface area contributed by atoms with Gasteiger partial charge in [0.2, 0.25) is 5.75 Å². The molecule has 6 rings (SSSR count). The van der Waals surface area contributed by atoms with Crippen molar-refractivity contribution in [2.24, 2.45) is 0 Å². The average Bonchev–Trinajstić information content (AvgIpc) is 3.13. The molecule has 0 aliphatic carbocycles. The molecule has 0 aliphatic rings. The first-order valence-corrected chi connectivity index (χ1v) is 15.0. The van der Waals surface area contributed by atoms with Gasteiger partial charge >= 0.3 is 5.97 Å². The Kier molecular flexibility index (Phi) is 10.5. The third-order valence-corrected chi connectivity index (χ3v) is 8.01. The number of ether oxygens (including phenoxy) is 5. The number of anilines is 1. The van der Waals surface area contributed by atoms with Crippen molar-refractivity contribution in [1.29, 1.82) is 0 Å². The molecule has 5 aromatic carbocycles. The quantitative estimate of drug-likeness (QED) is 0.116. The molecule has 49 heavy (non-hydrogen) atoms. The molecule has 0 bridgehead atoms. The van der Waals surface area contributed by atoms with E-state index in [1.807, 2.05) is 30.3 Å². The van der Waals surface area contributed by atoms with Gasteiger partial charge in [-0.2, -0.15) is 0 Å². The fourth-order valence-electron chi connectivity index (χ4n) is 5.62. The van der Waals surface area contributed by atoms with E-state index >= 15 is 0 Å². The Morgan fingerprint density at radius 2 is 1.39 bits per heavy atom. The van der Waals surface area contributed by atoms with Gasteiger partial charge in [0.15, 0.2) is 17.2 Å². The molecule has 1 heterocycles. The van der Waals surface area contributed by atoms with Crippen LogP contribution < -0.4 is 35.1 Å². The second-order valence-corrected chi connectivity index (χ2v) is 10.9. The van der Waals surface area contributed by atoms with Gasteiger partial charge in [-0.15, -0.1) is 17.1 Å². The average molecular weight is 683 g/mol. The zero-order valence-corrected chi connectivity index (χ0v) is 28.2. The lowest BCUT2D eigenvalue weighted by Gasteiger charge is -2.20. The van der Waals surface area contributed by atoms with Crippen molar-refractivity contribution < 1.29 is 33.3 Å². The van der Waals surface area contributed by atoms with E-state index < -0.39 is 11.5 Å². The molecule has 0 amide bonds. The maximum absolute atomic E-state index is 14.2. The summed E-state index contributed by atoms with van der Waals surface area (Å²) in [5.74, 6) is 0.745. The van der Waals surface area contributed by atoms with E-state index in [1.54, 1.807) is 54.6 Å². The van der Waals surface area contributed by atoms with Crippen LogP contribution >= 0.6 is 12.4 Å². The van der Waals surface area contributed by atoms with E-state index in [-0.39, 0.29) is 36.7 Å². The fraction of sp³-hybridized carbons (Fsp3) is 0.158. The van der Waals surface area contributed by atoms with Crippen molar-refractivity contribution >= 4 is 45.6 Å². The van der Waals surface area contributed by atoms with E-state index in [2.05, 4.69) is 12.1 Å². The third-order valence-electron chi connectivity index (χ3n) is 8.01. The lowest BCUT2D eigenvalue weighted by Crippen LogP contribution is -2.33. The molecule has 0 radical (unpaired) electrons. The lowest BCUT2D eigenvalue weighted by atomic mass is 9.96. The van der Waals surface area contributed by atoms with E-state index in [1.165, 1.54) is 28.4 Å². The molecule has 252 valence electrons. The number of halogens is 1. The van der Waals surface area contributed by atoms with Crippen LogP contribution in [-0.2, 0) is 18.0 Å². The van der Waals surface area contributed by atoms with Crippen LogP contribution in [-0.4, -0.2) is 39.1 Å². The second-order valence-electron chi connectivity index (χ2n) is 10.9. The number of rotatable bonds is 11. The SMILES string of the molecule is COC(=O)c1c(-c2cc(OC)c(OC)c(OC)c2)c2ccc(OCc3ccc4ccccc4c3)cc2c(=O)n1OCc1ccc(N)cc1.Cl. The highest BCUT2D eigenvalue weighted by molar-refractivity contribution is 6.07. The van der Waals surface area contributed by atoms with Crippen molar-refractivity contribution in [2.45, 2.75) is 13.2 Å². The van der Waals surface area contributed by atoms with Crippen LogP contribution in [0.15, 0.2) is 102 Å². The molecule has 0 spiro atoms. The highest BCUT2D eigenvalue weighted by atomic mass is 35.5. The Hall–Kier alpha value is -5.87. The zero-order chi connectivity index (χ0) is 33.8. The van der Waals surface area contributed by atoms with Crippen LogP contribution in [0.5, 0.6) is 23.0 Å². The Morgan fingerprint density at radius 1 is 0.714 bits per heavy atom. The van der Waals surface area contributed by atoms with Crippen molar-refractivity contribution in [3.63, 3.8) is 0 Å². The molecule has 6 aromatic rings. The summed E-state index contributed by atoms with van der Waals surface area (Å²) in [6.45, 7) is 0.237. The van der Waals surface area contributed by atoms with Gasteiger partial charge in [0, 0.05) is 11.3 Å². The van der Waals surface area contributed by atoms with Crippen molar-refractivity contribution in [3.05, 3.63) is 124 Å². The predicted octanol–water partition coefficient (Wildman–Crippen LogP) is 6.85. The summed E-state index contributed by atoms with van der Waals surface area (Å²) in [5, 5.41) is 2.94. The summed E-state index contributed by atoms with van der Waals surface area (Å²) in [6, 6.07) is 29.7. The Labute approximate surface area is 288 Å². The van der Waals surface area contributed by atoms with Gasteiger partial charge in [-0.3, -0.25) is 4.79 Å². The molecule has 0 fully saturated rings. The van der Waals surface area contributed by atoms with Crippen molar-refractivity contribution in [1.82, 2.24) is 4.73 Å². The number of pyridine rings is 1. The number of carbonyl (C=O) groups excluding carboxylic acids is 1. The number of nitrogens with two attached hydrogens (primary N) is 1. The molecular weight excluding hydrogens is 648 g/mol. The number of methoxy groups -OCH3 is 4. The van der Waals surface area contributed by atoms with Gasteiger partial charge < -0.3 is 34.3 Å². The van der Waals surface area contributed by atoms with E-state index in [0.717, 1.165) is 26.6 Å². The fourth-order valence-corrected chi connectivity index (χ4v) is 5.62. The molecule has 2 N–H and O–H groups in total. The predicted molar refractivity (Wildman–Crippen MR) is 191 cm³/mol. The number of benzene rings is 5. The van der Waals surface area contributed by atoms with Gasteiger partial charge in [-0.05, 0) is 81.4 Å². The summed E-state index contributed by atoms with van der Waals surface area (Å²) in [6.07, 6.45) is 0. The minimum Gasteiger partial charge on any atom is -0.493 e. The number of nitrogen functional groups attached to an aromatic ring is 1. The monoisotopic (exact) mass is 682 g/mol. The van der Waals surface area contributed by atoms with E-state index in [4.69, 9.17) is 34.3 Å². The molecule has 0 saturated heterocycles. The number of aromatic nitrogens is 1. The first-order valence-electron chi connectivity index (χ1n) is 15.0. The van der Waals surface area contributed by atoms with Gasteiger partial charge in [0.1, 0.15) is 19.0 Å². The van der Waals surface area contributed by atoms with Crippen molar-refractivity contribution in [3.8, 4) is 34.1 Å². The standard InChI is InChI=1S/C38H34N2O8.ClH/c1-43-32-18-27(19-33(44-2)36(32)45-3)34-30-16-15-29(47-21-24-9-12-25-7-5-6-8-26(25)17-24)20-31(30)37(41)40(35(34)38(42)46-4)48-22-23-10-13-28(39)14-11-23;/h5-20H,21-22,39H2,1-4H3;1H. The normalized spacial score (nSPS) is 10.7. The first kappa shape index (κ1) is 34.5. The Morgan fingerprint density at radius 3 is 2.04 bits per heavy atom. The summed E-state index contributed by atoms with van der Waals surface area (Å²) in [4.78, 5) is 33.9. The molecule has 0 saturated carbocycles. The molecule has 0 atom stereocenters. The summed E-state index contributed by atoms with van der Waals surface area (Å²) < 4.78 is 29.1. The molecule has 0 unspecified atom stereocenters. The number of esters is 1. The first-order chi connectivity index (χ1) is 23.3. The van der Waals surface area contributed by atoms with Crippen molar-refractivity contribution in [2.75, 3.05) is 34.2 Å². The second kappa shape index (κ2) is 14.9. The summed E-state index contributed by atoms with van der Waals surface area (Å²) in [5.41, 5.74) is 8.29. The van der Waals surface area contributed by atoms with Gasteiger partial charge in [-0.25, -0.2) is 4.79 Å². The van der Waals surface area contributed by atoms with E-state index in [9.17, 15) is 9.59 Å².